The van der Waals surface area contributed by atoms with Gasteiger partial charge in [0.05, 0.1) is 5.56 Å². The molecule has 1 aromatic rings. The van der Waals surface area contributed by atoms with Gasteiger partial charge in [-0.2, -0.15) is 0 Å². The molecular weight excluding hydrogens is 178 g/mol. The van der Waals surface area contributed by atoms with Crippen LogP contribution in [0, 0.1) is 0 Å². The second kappa shape index (κ2) is 2.58. The van der Waals surface area contributed by atoms with Crippen molar-refractivity contribution in [3.8, 4) is 0 Å². The number of carbonyl (C=O) groups is 1. The molecule has 2 aliphatic heterocycles. The number of fused-ring (bicyclic) bond motifs is 5. The minimum Gasteiger partial charge on any atom is -0.478 e. The van der Waals surface area contributed by atoms with Gasteiger partial charge in [-0.1, -0.05) is 12.1 Å². The average Bonchev–Trinajstić information content (AvgIpc) is 2.77. The van der Waals surface area contributed by atoms with E-state index < -0.39 is 5.97 Å². The molecule has 0 saturated carbocycles. The highest BCUT2D eigenvalue weighted by molar-refractivity contribution is 5.90. The minimum absolute atomic E-state index is 0.280. The van der Waals surface area contributed by atoms with E-state index in [4.69, 9.17) is 5.11 Å². The molecule has 72 valence electrons. The highest BCUT2D eigenvalue weighted by atomic mass is 16.4. The highest BCUT2D eigenvalue weighted by Gasteiger charge is 2.38. The largest absolute Gasteiger partial charge is 0.478 e. The molecule has 3 rings (SSSR count). The van der Waals surface area contributed by atoms with Crippen LogP contribution in [0.25, 0.3) is 0 Å². The lowest BCUT2D eigenvalue weighted by atomic mass is 9.88. The molecule has 1 saturated heterocycles. The second-order valence-electron chi connectivity index (χ2n) is 3.96. The summed E-state index contributed by atoms with van der Waals surface area (Å²) in [5.41, 5.74) is 2.69. The molecule has 2 aliphatic rings. The van der Waals surface area contributed by atoms with E-state index in [0.717, 1.165) is 18.4 Å². The molecule has 3 heteroatoms. The Hall–Kier alpha value is -1.35. The first-order valence-corrected chi connectivity index (χ1v) is 4.89. The maximum Gasteiger partial charge on any atom is 0.336 e. The fourth-order valence-electron chi connectivity index (χ4n) is 2.68. The number of nitrogens with one attached hydrogen (secondary N) is 1. The third kappa shape index (κ3) is 0.876. The van der Waals surface area contributed by atoms with Crippen molar-refractivity contribution in [3.63, 3.8) is 0 Å². The van der Waals surface area contributed by atoms with E-state index in [1.807, 2.05) is 12.1 Å². The Morgan fingerprint density at radius 2 is 2.14 bits per heavy atom. The van der Waals surface area contributed by atoms with Gasteiger partial charge in [0, 0.05) is 12.1 Å². The van der Waals surface area contributed by atoms with Crippen molar-refractivity contribution < 1.29 is 9.90 Å². The molecule has 3 nitrogen and oxygen atoms in total. The number of carboxylic acid groups (broad SMARTS) is 1. The number of aromatic carboxylic acids is 1. The Morgan fingerprint density at radius 1 is 1.36 bits per heavy atom. The smallest absolute Gasteiger partial charge is 0.336 e. The number of rotatable bonds is 1. The van der Waals surface area contributed by atoms with E-state index in [0.29, 0.717) is 11.6 Å². The summed E-state index contributed by atoms with van der Waals surface area (Å²) in [7, 11) is 0. The van der Waals surface area contributed by atoms with Crippen molar-refractivity contribution in [1.82, 2.24) is 5.32 Å². The third-order valence-corrected chi connectivity index (χ3v) is 3.24. The maximum atomic E-state index is 11.0. The van der Waals surface area contributed by atoms with Crippen molar-refractivity contribution in [2.24, 2.45) is 0 Å². The third-order valence-electron chi connectivity index (χ3n) is 3.24. The average molecular weight is 189 g/mol. The van der Waals surface area contributed by atoms with Gasteiger partial charge >= 0.3 is 5.97 Å². The lowest BCUT2D eigenvalue weighted by Gasteiger charge is -2.14. The van der Waals surface area contributed by atoms with Crippen LogP contribution < -0.4 is 5.32 Å². The summed E-state index contributed by atoms with van der Waals surface area (Å²) >= 11 is 0. The van der Waals surface area contributed by atoms with E-state index in [-0.39, 0.29) is 6.04 Å². The van der Waals surface area contributed by atoms with Crippen molar-refractivity contribution >= 4 is 5.97 Å². The van der Waals surface area contributed by atoms with E-state index in [9.17, 15) is 4.79 Å². The van der Waals surface area contributed by atoms with Crippen LogP contribution in [-0.2, 0) is 0 Å². The molecule has 0 aliphatic carbocycles. The predicted molar refractivity (Wildman–Crippen MR) is 51.3 cm³/mol. The Bertz CT molecular complexity index is 414. The summed E-state index contributed by atoms with van der Waals surface area (Å²) in [6.45, 7) is 0. The molecular formula is C11H11NO2. The molecule has 14 heavy (non-hydrogen) atoms. The summed E-state index contributed by atoms with van der Waals surface area (Å²) in [6, 6.07) is 6.25. The van der Waals surface area contributed by atoms with E-state index in [1.54, 1.807) is 6.07 Å². The van der Waals surface area contributed by atoms with Crippen molar-refractivity contribution in [2.45, 2.75) is 24.9 Å². The summed E-state index contributed by atoms with van der Waals surface area (Å²) in [4.78, 5) is 11.0. The maximum absolute atomic E-state index is 11.0. The molecule has 0 spiro atoms. The molecule has 1 fully saturated rings. The SMILES string of the molecule is O=C(O)c1cccc2c1C1CCC2N1. The quantitative estimate of drug-likeness (QED) is 0.709. The molecule has 2 heterocycles. The lowest BCUT2D eigenvalue weighted by Crippen LogP contribution is -2.09. The lowest BCUT2D eigenvalue weighted by molar-refractivity contribution is 0.0695. The van der Waals surface area contributed by atoms with Crippen LogP contribution in [0.15, 0.2) is 18.2 Å². The summed E-state index contributed by atoms with van der Waals surface area (Å²) in [6.07, 6.45) is 2.21. The predicted octanol–water partition coefficient (Wildman–Crippen LogP) is 1.86. The van der Waals surface area contributed by atoms with Crippen molar-refractivity contribution in [2.75, 3.05) is 0 Å². The Labute approximate surface area is 81.8 Å². The van der Waals surface area contributed by atoms with Gasteiger partial charge < -0.3 is 10.4 Å². The van der Waals surface area contributed by atoms with Gasteiger partial charge in [0.15, 0.2) is 0 Å². The van der Waals surface area contributed by atoms with Crippen molar-refractivity contribution in [3.05, 3.63) is 34.9 Å². The fourth-order valence-corrected chi connectivity index (χ4v) is 2.68. The fraction of sp³-hybridized carbons (Fsp3) is 0.364. The number of hydrogen-bond acceptors (Lipinski definition) is 2. The summed E-state index contributed by atoms with van der Waals surface area (Å²) < 4.78 is 0. The molecule has 0 radical (unpaired) electrons. The zero-order chi connectivity index (χ0) is 9.71. The zero-order valence-corrected chi connectivity index (χ0v) is 7.66. The van der Waals surface area contributed by atoms with Crippen LogP contribution in [-0.4, -0.2) is 11.1 Å². The standard InChI is InChI=1S/C11H11NO2/c13-11(14)7-3-1-2-6-8-4-5-9(12-8)10(6)7/h1-3,8-9,12H,4-5H2,(H,13,14). The van der Waals surface area contributed by atoms with Gasteiger partial charge in [-0.3, -0.25) is 0 Å². The summed E-state index contributed by atoms with van der Waals surface area (Å²) in [5, 5.41) is 12.5. The molecule has 2 N–H and O–H groups in total. The number of benzene rings is 1. The first kappa shape index (κ1) is 8.00. The Morgan fingerprint density at radius 3 is 2.93 bits per heavy atom. The molecule has 0 amide bonds. The van der Waals surface area contributed by atoms with E-state index >= 15 is 0 Å². The monoisotopic (exact) mass is 189 g/mol. The van der Waals surface area contributed by atoms with Gasteiger partial charge in [0.25, 0.3) is 0 Å². The van der Waals surface area contributed by atoms with Crippen LogP contribution in [0.1, 0.15) is 46.4 Å². The molecule has 1 aromatic carbocycles. The van der Waals surface area contributed by atoms with Gasteiger partial charge in [0.2, 0.25) is 0 Å². The summed E-state index contributed by atoms with van der Waals surface area (Å²) in [5.74, 6) is -0.809. The van der Waals surface area contributed by atoms with E-state index in [2.05, 4.69) is 5.32 Å². The first-order valence-electron chi connectivity index (χ1n) is 4.89. The highest BCUT2D eigenvalue weighted by Crippen LogP contribution is 2.46. The van der Waals surface area contributed by atoms with Gasteiger partial charge in [0.1, 0.15) is 0 Å². The van der Waals surface area contributed by atoms with Crippen LogP contribution in [0.2, 0.25) is 0 Å². The zero-order valence-electron chi connectivity index (χ0n) is 7.66. The second-order valence-corrected chi connectivity index (χ2v) is 3.96. The number of carboxylic acids is 1. The molecule has 2 bridgehead atoms. The van der Waals surface area contributed by atoms with Crippen molar-refractivity contribution in [1.29, 1.82) is 0 Å². The Kier molecular flexibility index (Phi) is 1.47. The molecule has 2 unspecified atom stereocenters. The molecule has 0 aromatic heterocycles. The van der Waals surface area contributed by atoms with Gasteiger partial charge in [-0.05, 0) is 30.0 Å². The number of hydrogen-bond donors (Lipinski definition) is 2. The van der Waals surface area contributed by atoms with Gasteiger partial charge in [-0.15, -0.1) is 0 Å². The van der Waals surface area contributed by atoms with Crippen LogP contribution in [0.5, 0.6) is 0 Å². The van der Waals surface area contributed by atoms with E-state index in [1.165, 1.54) is 5.56 Å². The normalized spacial score (nSPS) is 27.7. The molecule has 2 atom stereocenters. The van der Waals surface area contributed by atoms with Crippen LogP contribution in [0.3, 0.4) is 0 Å². The van der Waals surface area contributed by atoms with Crippen LogP contribution in [0.4, 0.5) is 0 Å². The first-order chi connectivity index (χ1) is 6.77. The topological polar surface area (TPSA) is 49.3 Å². The van der Waals surface area contributed by atoms with Gasteiger partial charge in [-0.25, -0.2) is 4.79 Å². The van der Waals surface area contributed by atoms with Crippen LogP contribution >= 0.6 is 0 Å². The Balaban J connectivity index is 2.23. The minimum atomic E-state index is -0.809.